The number of nitrogens with zero attached hydrogens (tertiary/aromatic N) is 1. The summed E-state index contributed by atoms with van der Waals surface area (Å²) in [6, 6.07) is -0.284. The molecule has 1 unspecified atom stereocenters. The maximum absolute atomic E-state index is 11.8. The molecule has 0 aliphatic carbocycles. The number of carbonyl (C=O) groups is 2. The molecule has 1 fully saturated rings. The molecule has 16 heavy (non-hydrogen) atoms. The molecule has 0 spiro atoms. The van der Waals surface area contributed by atoms with E-state index in [1.807, 2.05) is 6.92 Å². The van der Waals surface area contributed by atoms with Gasteiger partial charge in [0.1, 0.15) is 6.04 Å². The van der Waals surface area contributed by atoms with E-state index in [1.54, 1.807) is 4.90 Å². The van der Waals surface area contributed by atoms with Gasteiger partial charge in [-0.15, -0.1) is 0 Å². The van der Waals surface area contributed by atoms with E-state index in [1.165, 1.54) is 0 Å². The van der Waals surface area contributed by atoms with Gasteiger partial charge in [-0.05, 0) is 19.3 Å². The van der Waals surface area contributed by atoms with Crippen LogP contribution in [0.5, 0.6) is 0 Å². The van der Waals surface area contributed by atoms with Gasteiger partial charge in [-0.25, -0.2) is 0 Å². The third-order valence-electron chi connectivity index (χ3n) is 2.87. The number of nitrogens with one attached hydrogen (secondary N) is 1. The van der Waals surface area contributed by atoms with Crippen LogP contribution >= 0.6 is 0 Å². The van der Waals surface area contributed by atoms with Crippen molar-refractivity contribution < 1.29 is 9.59 Å². The summed E-state index contributed by atoms with van der Waals surface area (Å²) in [5.74, 6) is -0.000418. The maximum atomic E-state index is 11.8. The second kappa shape index (κ2) is 6.48. The molecule has 1 heterocycles. The Morgan fingerprint density at radius 2 is 2.19 bits per heavy atom. The average Bonchev–Trinajstić information content (AvgIpc) is 2.35. The van der Waals surface area contributed by atoms with Crippen molar-refractivity contribution in [1.82, 2.24) is 10.2 Å². The number of likely N-dealkylation sites (tertiary alicyclic amines) is 1. The van der Waals surface area contributed by atoms with Crippen LogP contribution in [0.1, 0.15) is 32.6 Å². The summed E-state index contributed by atoms with van der Waals surface area (Å²) < 4.78 is 0. The minimum atomic E-state index is -0.284. The van der Waals surface area contributed by atoms with E-state index in [0.29, 0.717) is 26.1 Å². The Morgan fingerprint density at radius 3 is 2.81 bits per heavy atom. The van der Waals surface area contributed by atoms with Crippen LogP contribution in [0.25, 0.3) is 0 Å². The van der Waals surface area contributed by atoms with Crippen molar-refractivity contribution in [2.24, 2.45) is 5.73 Å². The lowest BCUT2D eigenvalue weighted by Crippen LogP contribution is -2.52. The first kappa shape index (κ1) is 13.0. The van der Waals surface area contributed by atoms with E-state index in [-0.39, 0.29) is 17.9 Å². The number of hydrogen-bond donors (Lipinski definition) is 2. The molecule has 92 valence electrons. The number of nitrogens with two attached hydrogens (primary N) is 1. The lowest BCUT2D eigenvalue weighted by Gasteiger charge is -2.34. The molecular formula is C11H21N3O2. The van der Waals surface area contributed by atoms with E-state index >= 15 is 0 Å². The molecule has 1 aliphatic heterocycles. The molecule has 0 aromatic heterocycles. The van der Waals surface area contributed by atoms with Crippen LogP contribution in [-0.2, 0) is 9.59 Å². The van der Waals surface area contributed by atoms with Crippen molar-refractivity contribution >= 4 is 11.8 Å². The molecule has 1 saturated heterocycles. The second-order valence-corrected chi connectivity index (χ2v) is 4.03. The first-order chi connectivity index (χ1) is 7.70. The number of carbonyl (C=O) groups excluding carboxylic acids is 2. The van der Waals surface area contributed by atoms with E-state index in [4.69, 9.17) is 5.73 Å². The largest absolute Gasteiger partial charge is 0.353 e. The predicted octanol–water partition coefficient (Wildman–Crippen LogP) is -0.148. The first-order valence-electron chi connectivity index (χ1n) is 5.98. The summed E-state index contributed by atoms with van der Waals surface area (Å²) >= 11 is 0. The van der Waals surface area contributed by atoms with Crippen LogP contribution in [0.15, 0.2) is 0 Å². The van der Waals surface area contributed by atoms with Gasteiger partial charge in [-0.1, -0.05) is 6.92 Å². The molecule has 3 N–H and O–H groups in total. The fourth-order valence-corrected chi connectivity index (χ4v) is 2.02. The fraction of sp³-hybridized carbons (Fsp3) is 0.818. The van der Waals surface area contributed by atoms with Crippen LogP contribution in [0.3, 0.4) is 0 Å². The topological polar surface area (TPSA) is 75.4 Å². The summed E-state index contributed by atoms with van der Waals surface area (Å²) in [4.78, 5) is 25.2. The molecule has 1 aliphatic rings. The van der Waals surface area contributed by atoms with Crippen molar-refractivity contribution in [2.45, 2.75) is 38.6 Å². The molecule has 1 rings (SSSR count). The minimum Gasteiger partial charge on any atom is -0.353 e. The Hall–Kier alpha value is -1.10. The fourth-order valence-electron chi connectivity index (χ4n) is 2.02. The SMILES string of the molecule is CCC(=O)N1CCCCC1C(=O)NCCN. The quantitative estimate of drug-likeness (QED) is 0.701. The number of piperidine rings is 1. The zero-order chi connectivity index (χ0) is 12.0. The Bertz CT molecular complexity index is 256. The summed E-state index contributed by atoms with van der Waals surface area (Å²) in [6.07, 6.45) is 3.23. The summed E-state index contributed by atoms with van der Waals surface area (Å²) in [7, 11) is 0. The average molecular weight is 227 g/mol. The Morgan fingerprint density at radius 1 is 1.44 bits per heavy atom. The minimum absolute atomic E-state index is 0.0626. The van der Waals surface area contributed by atoms with Crippen LogP contribution < -0.4 is 11.1 Å². The van der Waals surface area contributed by atoms with Crippen molar-refractivity contribution in [3.8, 4) is 0 Å². The Kier molecular flexibility index (Phi) is 5.25. The predicted molar refractivity (Wildman–Crippen MR) is 61.7 cm³/mol. The number of amides is 2. The standard InChI is InChI=1S/C11H21N3O2/c1-2-10(15)14-8-4-3-5-9(14)11(16)13-7-6-12/h9H,2-8,12H2,1H3,(H,13,16). The van der Waals surface area contributed by atoms with Crippen LogP contribution in [0.2, 0.25) is 0 Å². The zero-order valence-electron chi connectivity index (χ0n) is 9.87. The van der Waals surface area contributed by atoms with Crippen molar-refractivity contribution in [2.75, 3.05) is 19.6 Å². The zero-order valence-corrected chi connectivity index (χ0v) is 9.87. The third-order valence-corrected chi connectivity index (χ3v) is 2.87. The summed E-state index contributed by atoms with van der Waals surface area (Å²) in [5, 5.41) is 2.75. The smallest absolute Gasteiger partial charge is 0.242 e. The molecule has 0 saturated carbocycles. The summed E-state index contributed by atoms with van der Waals surface area (Å²) in [5.41, 5.74) is 5.33. The van der Waals surface area contributed by atoms with Gasteiger partial charge in [-0.2, -0.15) is 0 Å². The van der Waals surface area contributed by atoms with Gasteiger partial charge >= 0.3 is 0 Å². The van der Waals surface area contributed by atoms with E-state index in [2.05, 4.69) is 5.32 Å². The highest BCUT2D eigenvalue weighted by atomic mass is 16.2. The molecule has 0 radical (unpaired) electrons. The molecule has 5 nitrogen and oxygen atoms in total. The van der Waals surface area contributed by atoms with E-state index < -0.39 is 0 Å². The van der Waals surface area contributed by atoms with Crippen molar-refractivity contribution in [1.29, 1.82) is 0 Å². The van der Waals surface area contributed by atoms with Gasteiger partial charge in [-0.3, -0.25) is 9.59 Å². The second-order valence-electron chi connectivity index (χ2n) is 4.03. The Balaban J connectivity index is 2.59. The van der Waals surface area contributed by atoms with Crippen molar-refractivity contribution in [3.05, 3.63) is 0 Å². The molecule has 0 bridgehead atoms. The molecule has 0 aromatic carbocycles. The molecule has 1 atom stereocenters. The highest BCUT2D eigenvalue weighted by molar-refractivity contribution is 5.87. The van der Waals surface area contributed by atoms with Crippen LogP contribution in [-0.4, -0.2) is 42.4 Å². The van der Waals surface area contributed by atoms with Gasteiger partial charge in [0.05, 0.1) is 0 Å². The van der Waals surface area contributed by atoms with Gasteiger partial charge < -0.3 is 16.0 Å². The van der Waals surface area contributed by atoms with Gasteiger partial charge in [0.15, 0.2) is 0 Å². The maximum Gasteiger partial charge on any atom is 0.242 e. The number of hydrogen-bond acceptors (Lipinski definition) is 3. The van der Waals surface area contributed by atoms with E-state index in [0.717, 1.165) is 19.3 Å². The lowest BCUT2D eigenvalue weighted by molar-refractivity contribution is -0.142. The number of rotatable bonds is 4. The van der Waals surface area contributed by atoms with Gasteiger partial charge in [0.2, 0.25) is 11.8 Å². The Labute approximate surface area is 96.4 Å². The monoisotopic (exact) mass is 227 g/mol. The highest BCUT2D eigenvalue weighted by Crippen LogP contribution is 2.17. The first-order valence-corrected chi connectivity index (χ1v) is 5.98. The molecule has 5 heteroatoms. The van der Waals surface area contributed by atoms with Crippen LogP contribution in [0, 0.1) is 0 Å². The normalized spacial score (nSPS) is 20.6. The molecule has 2 amide bonds. The van der Waals surface area contributed by atoms with E-state index in [9.17, 15) is 9.59 Å². The summed E-state index contributed by atoms with van der Waals surface area (Å²) in [6.45, 7) is 3.43. The van der Waals surface area contributed by atoms with Crippen molar-refractivity contribution in [3.63, 3.8) is 0 Å². The molecule has 0 aromatic rings. The lowest BCUT2D eigenvalue weighted by atomic mass is 10.0. The highest BCUT2D eigenvalue weighted by Gasteiger charge is 2.30. The van der Waals surface area contributed by atoms with Gasteiger partial charge in [0, 0.05) is 26.1 Å². The third kappa shape index (κ3) is 3.20. The van der Waals surface area contributed by atoms with Gasteiger partial charge in [0.25, 0.3) is 0 Å². The van der Waals surface area contributed by atoms with Crippen LogP contribution in [0.4, 0.5) is 0 Å². The molecular weight excluding hydrogens is 206 g/mol.